The van der Waals surface area contributed by atoms with Crippen molar-refractivity contribution in [2.75, 3.05) is 4.90 Å². The summed E-state index contributed by atoms with van der Waals surface area (Å²) in [5, 5.41) is 6.97. The minimum Gasteiger partial charge on any atom is -0.453 e. The van der Waals surface area contributed by atoms with Crippen molar-refractivity contribution in [3.8, 4) is 33.4 Å². The molecule has 0 saturated heterocycles. The molecule has 1 spiro atoms. The molecular formula is C57H35NO. The summed E-state index contributed by atoms with van der Waals surface area (Å²) in [4.78, 5) is 2.42. The molecular weight excluding hydrogens is 715 g/mol. The lowest BCUT2D eigenvalue weighted by atomic mass is 9.70. The van der Waals surface area contributed by atoms with Crippen LogP contribution < -0.4 is 4.90 Å². The van der Waals surface area contributed by atoms with Crippen LogP contribution in [0.1, 0.15) is 22.3 Å². The van der Waals surface area contributed by atoms with Gasteiger partial charge in [-0.05, 0) is 108 Å². The standard InChI is InChI=1S/C57H35NO/c1-3-17-36(18-4-1)37-33-48-54-46-26-9-7-21-40(46)41-22-8-10-27-47(41)56(54)59-55(48)53(34-37)58(38-19-5-2-6-20-38)39-31-32-45-44-25-13-16-30-51(44)57(52(45)35-39)49-28-14-11-23-42(49)43-24-12-15-29-50(43)57/h1-35H. The highest BCUT2D eigenvalue weighted by Gasteiger charge is 2.51. The Hall–Kier alpha value is -7.68. The molecule has 1 heterocycles. The zero-order valence-electron chi connectivity index (χ0n) is 32.1. The highest BCUT2D eigenvalue weighted by Crippen LogP contribution is 2.63. The maximum Gasteiger partial charge on any atom is 0.159 e. The predicted molar refractivity (Wildman–Crippen MR) is 245 cm³/mol. The number of furan rings is 1. The van der Waals surface area contributed by atoms with Crippen LogP contribution in [0.2, 0.25) is 0 Å². The van der Waals surface area contributed by atoms with Gasteiger partial charge in [0.15, 0.2) is 5.58 Å². The van der Waals surface area contributed by atoms with E-state index in [2.05, 4.69) is 217 Å². The fourth-order valence-electron chi connectivity index (χ4n) is 10.7. The molecule has 59 heavy (non-hydrogen) atoms. The van der Waals surface area contributed by atoms with Gasteiger partial charge in [-0.2, -0.15) is 0 Å². The second kappa shape index (κ2) is 12.2. The second-order valence-electron chi connectivity index (χ2n) is 15.9. The van der Waals surface area contributed by atoms with Crippen molar-refractivity contribution in [2.45, 2.75) is 5.41 Å². The van der Waals surface area contributed by atoms with Gasteiger partial charge in [-0.25, -0.2) is 0 Å². The maximum atomic E-state index is 7.31. The van der Waals surface area contributed by atoms with E-state index < -0.39 is 5.41 Å². The number of benzene rings is 10. The molecule has 0 saturated carbocycles. The lowest BCUT2D eigenvalue weighted by Crippen LogP contribution is -2.26. The average molecular weight is 750 g/mol. The molecule has 0 amide bonds. The third-order valence-electron chi connectivity index (χ3n) is 13.0. The van der Waals surface area contributed by atoms with Crippen LogP contribution in [-0.4, -0.2) is 0 Å². The maximum absolute atomic E-state index is 7.31. The lowest BCUT2D eigenvalue weighted by Gasteiger charge is -2.32. The predicted octanol–water partition coefficient (Wildman–Crippen LogP) is 15.4. The van der Waals surface area contributed by atoms with Crippen molar-refractivity contribution in [1.82, 2.24) is 0 Å². The van der Waals surface area contributed by atoms with E-state index in [1.807, 2.05) is 0 Å². The molecule has 11 aromatic rings. The summed E-state index contributed by atoms with van der Waals surface area (Å²) in [6.45, 7) is 0. The molecule has 0 radical (unpaired) electrons. The minimum absolute atomic E-state index is 0.462. The first-order valence-corrected chi connectivity index (χ1v) is 20.4. The molecule has 0 N–H and O–H groups in total. The monoisotopic (exact) mass is 749 g/mol. The zero-order valence-corrected chi connectivity index (χ0v) is 32.1. The van der Waals surface area contributed by atoms with Gasteiger partial charge in [-0.1, -0.05) is 176 Å². The van der Waals surface area contributed by atoms with Gasteiger partial charge in [0.1, 0.15) is 5.58 Å². The minimum atomic E-state index is -0.462. The molecule has 2 heteroatoms. The Morgan fingerprint density at radius 3 is 1.47 bits per heavy atom. The van der Waals surface area contributed by atoms with E-state index in [1.54, 1.807) is 0 Å². The van der Waals surface area contributed by atoms with Crippen LogP contribution in [0.15, 0.2) is 217 Å². The number of para-hydroxylation sites is 1. The summed E-state index contributed by atoms with van der Waals surface area (Å²) in [5.41, 5.74) is 17.2. The Morgan fingerprint density at radius 1 is 0.322 bits per heavy atom. The van der Waals surface area contributed by atoms with E-state index in [0.717, 1.165) is 55.5 Å². The Labute approximate surface area is 341 Å². The topological polar surface area (TPSA) is 16.4 Å². The molecule has 0 atom stereocenters. The van der Waals surface area contributed by atoms with E-state index >= 15 is 0 Å². The molecule has 1 aromatic heterocycles. The van der Waals surface area contributed by atoms with Crippen molar-refractivity contribution in [3.63, 3.8) is 0 Å². The summed E-state index contributed by atoms with van der Waals surface area (Å²) in [6, 6.07) is 77.8. The highest BCUT2D eigenvalue weighted by atomic mass is 16.3. The smallest absolute Gasteiger partial charge is 0.159 e. The van der Waals surface area contributed by atoms with Gasteiger partial charge in [-0.15, -0.1) is 0 Å². The summed E-state index contributed by atoms with van der Waals surface area (Å²) >= 11 is 0. The third-order valence-corrected chi connectivity index (χ3v) is 13.0. The van der Waals surface area contributed by atoms with E-state index in [1.165, 1.54) is 60.7 Å². The van der Waals surface area contributed by atoms with Crippen LogP contribution >= 0.6 is 0 Å². The number of rotatable bonds is 4. The molecule has 274 valence electrons. The van der Waals surface area contributed by atoms with Gasteiger partial charge in [0.2, 0.25) is 0 Å². The first-order chi connectivity index (χ1) is 29.3. The van der Waals surface area contributed by atoms with Crippen molar-refractivity contribution in [2.24, 2.45) is 0 Å². The highest BCUT2D eigenvalue weighted by molar-refractivity contribution is 6.31. The molecule has 2 aliphatic carbocycles. The zero-order chi connectivity index (χ0) is 38.7. The summed E-state index contributed by atoms with van der Waals surface area (Å²) in [5.74, 6) is 0. The van der Waals surface area contributed by atoms with Crippen LogP contribution in [0.5, 0.6) is 0 Å². The Balaban J connectivity index is 1.15. The molecule has 10 aromatic carbocycles. The van der Waals surface area contributed by atoms with Crippen molar-refractivity contribution in [3.05, 3.63) is 235 Å². The first kappa shape index (κ1) is 32.4. The summed E-state index contributed by atoms with van der Waals surface area (Å²) in [6.07, 6.45) is 0. The van der Waals surface area contributed by atoms with Crippen LogP contribution in [-0.2, 0) is 5.41 Å². The summed E-state index contributed by atoms with van der Waals surface area (Å²) in [7, 11) is 0. The quantitative estimate of drug-likeness (QED) is 0.167. The number of nitrogens with zero attached hydrogens (tertiary/aromatic N) is 1. The van der Waals surface area contributed by atoms with E-state index in [9.17, 15) is 0 Å². The fourth-order valence-corrected chi connectivity index (χ4v) is 10.7. The number of anilines is 3. The van der Waals surface area contributed by atoms with Crippen molar-refractivity contribution >= 4 is 60.5 Å². The number of fused-ring (bicyclic) bond motifs is 18. The first-order valence-electron chi connectivity index (χ1n) is 20.4. The van der Waals surface area contributed by atoms with Crippen molar-refractivity contribution < 1.29 is 4.42 Å². The van der Waals surface area contributed by atoms with Gasteiger partial charge >= 0.3 is 0 Å². The Bertz CT molecular complexity index is 3440. The van der Waals surface area contributed by atoms with Gasteiger partial charge in [-0.3, -0.25) is 0 Å². The third kappa shape index (κ3) is 4.35. The van der Waals surface area contributed by atoms with Crippen LogP contribution in [0.25, 0.3) is 76.9 Å². The Morgan fingerprint density at radius 2 is 0.831 bits per heavy atom. The second-order valence-corrected chi connectivity index (χ2v) is 15.9. The van der Waals surface area contributed by atoms with E-state index in [4.69, 9.17) is 4.42 Å². The molecule has 2 aliphatic rings. The number of hydrogen-bond donors (Lipinski definition) is 0. The average Bonchev–Trinajstić information content (AvgIpc) is 3.95. The molecule has 0 fully saturated rings. The van der Waals surface area contributed by atoms with Crippen LogP contribution in [0.3, 0.4) is 0 Å². The van der Waals surface area contributed by atoms with Crippen LogP contribution in [0.4, 0.5) is 17.1 Å². The van der Waals surface area contributed by atoms with E-state index in [0.29, 0.717) is 0 Å². The van der Waals surface area contributed by atoms with Gasteiger partial charge < -0.3 is 9.32 Å². The molecule has 13 rings (SSSR count). The van der Waals surface area contributed by atoms with Gasteiger partial charge in [0, 0.05) is 27.5 Å². The molecule has 0 bridgehead atoms. The number of hydrogen-bond acceptors (Lipinski definition) is 2. The van der Waals surface area contributed by atoms with E-state index in [-0.39, 0.29) is 0 Å². The molecule has 2 nitrogen and oxygen atoms in total. The normalized spacial score (nSPS) is 13.2. The van der Waals surface area contributed by atoms with Gasteiger partial charge in [0.25, 0.3) is 0 Å². The summed E-state index contributed by atoms with van der Waals surface area (Å²) < 4.78 is 7.31. The fraction of sp³-hybridized carbons (Fsp3) is 0.0175. The molecule has 0 aliphatic heterocycles. The Kier molecular flexibility index (Phi) is 6.68. The SMILES string of the molecule is c1ccc(-c2cc(N(c3ccccc3)c3ccc4c(c3)C3(c5ccccc5-c5ccccc53)c3ccccc3-4)c3oc4c5ccccc5c5ccccc5c4c3c2)cc1. The lowest BCUT2D eigenvalue weighted by molar-refractivity contribution is 0.673. The molecule has 0 unspecified atom stereocenters. The van der Waals surface area contributed by atoms with Gasteiger partial charge in [0.05, 0.1) is 11.1 Å². The largest absolute Gasteiger partial charge is 0.453 e. The van der Waals surface area contributed by atoms with Crippen molar-refractivity contribution in [1.29, 1.82) is 0 Å². The van der Waals surface area contributed by atoms with Crippen LogP contribution in [0, 0.1) is 0 Å².